The summed E-state index contributed by atoms with van der Waals surface area (Å²) in [4.78, 5) is 14.2. The number of amides is 1. The van der Waals surface area contributed by atoms with Crippen molar-refractivity contribution < 1.29 is 9.53 Å². The first-order chi connectivity index (χ1) is 11.1. The predicted octanol–water partition coefficient (Wildman–Crippen LogP) is 3.26. The van der Waals surface area contributed by atoms with Gasteiger partial charge in [-0.15, -0.1) is 0 Å². The highest BCUT2D eigenvalue weighted by Gasteiger charge is 2.12. The smallest absolute Gasteiger partial charge is 0.228 e. The molecule has 0 fully saturated rings. The Morgan fingerprint density at radius 3 is 2.70 bits per heavy atom. The van der Waals surface area contributed by atoms with Crippen molar-refractivity contribution in [2.75, 3.05) is 30.9 Å². The lowest BCUT2D eigenvalue weighted by atomic mass is 10.0. The normalized spacial score (nSPS) is 13.0. The Morgan fingerprint density at radius 1 is 1.17 bits per heavy atom. The topological polar surface area (TPSA) is 41.6 Å². The molecule has 2 aromatic rings. The average molecular weight is 310 g/mol. The maximum atomic E-state index is 12.2. The van der Waals surface area contributed by atoms with Crippen LogP contribution in [0.1, 0.15) is 17.5 Å². The third-order valence-electron chi connectivity index (χ3n) is 4.01. The first-order valence-electron chi connectivity index (χ1n) is 7.94. The van der Waals surface area contributed by atoms with Gasteiger partial charge in [0, 0.05) is 25.5 Å². The number of hydrogen-bond acceptors (Lipinski definition) is 3. The molecule has 1 amide bonds. The molecule has 0 aliphatic carbocycles. The number of fused-ring (bicyclic) bond motifs is 1. The largest absolute Gasteiger partial charge is 0.493 e. The zero-order chi connectivity index (χ0) is 16.2. The van der Waals surface area contributed by atoms with Gasteiger partial charge in [-0.2, -0.15) is 0 Å². The number of benzene rings is 2. The molecule has 1 N–H and O–H groups in total. The van der Waals surface area contributed by atoms with Crippen LogP contribution in [0.25, 0.3) is 0 Å². The Labute approximate surface area is 137 Å². The van der Waals surface area contributed by atoms with E-state index >= 15 is 0 Å². The second kappa shape index (κ2) is 6.73. The SMILES string of the molecule is CN(C)c1ccc(NC(=O)Cc2ccc3c(c2)CCCO3)cc1. The van der Waals surface area contributed by atoms with Gasteiger partial charge in [0.25, 0.3) is 0 Å². The summed E-state index contributed by atoms with van der Waals surface area (Å²) in [6.07, 6.45) is 2.44. The Kier molecular flexibility index (Phi) is 4.51. The van der Waals surface area contributed by atoms with E-state index in [0.717, 1.165) is 42.1 Å². The molecule has 0 atom stereocenters. The molecule has 23 heavy (non-hydrogen) atoms. The molecule has 0 saturated carbocycles. The van der Waals surface area contributed by atoms with E-state index in [1.165, 1.54) is 5.56 Å². The number of aryl methyl sites for hydroxylation is 1. The minimum absolute atomic E-state index is 0.000666. The third kappa shape index (κ3) is 3.83. The van der Waals surface area contributed by atoms with Gasteiger partial charge in [0.2, 0.25) is 5.91 Å². The molecule has 0 saturated heterocycles. The summed E-state index contributed by atoms with van der Waals surface area (Å²) in [6.45, 7) is 0.787. The minimum Gasteiger partial charge on any atom is -0.493 e. The van der Waals surface area contributed by atoms with Crippen LogP contribution in [0.2, 0.25) is 0 Å². The van der Waals surface area contributed by atoms with Crippen LogP contribution in [0.3, 0.4) is 0 Å². The number of carbonyl (C=O) groups excluding carboxylic acids is 1. The van der Waals surface area contributed by atoms with Crippen LogP contribution in [-0.2, 0) is 17.6 Å². The molecule has 4 nitrogen and oxygen atoms in total. The number of carbonyl (C=O) groups is 1. The van der Waals surface area contributed by atoms with Crippen LogP contribution in [-0.4, -0.2) is 26.6 Å². The highest BCUT2D eigenvalue weighted by atomic mass is 16.5. The highest BCUT2D eigenvalue weighted by molar-refractivity contribution is 5.92. The lowest BCUT2D eigenvalue weighted by molar-refractivity contribution is -0.115. The van der Waals surface area contributed by atoms with Crippen molar-refractivity contribution in [3.63, 3.8) is 0 Å². The van der Waals surface area contributed by atoms with Crippen molar-refractivity contribution in [3.8, 4) is 5.75 Å². The van der Waals surface area contributed by atoms with E-state index in [2.05, 4.69) is 11.4 Å². The van der Waals surface area contributed by atoms with Crippen LogP contribution >= 0.6 is 0 Å². The maximum absolute atomic E-state index is 12.2. The summed E-state index contributed by atoms with van der Waals surface area (Å²) < 4.78 is 5.61. The standard InChI is InChI=1S/C19H22N2O2/c1-21(2)17-8-6-16(7-9-17)20-19(22)13-14-5-10-18-15(12-14)4-3-11-23-18/h5-10,12H,3-4,11,13H2,1-2H3,(H,20,22). The zero-order valence-corrected chi connectivity index (χ0v) is 13.6. The molecule has 0 unspecified atom stereocenters. The van der Waals surface area contributed by atoms with E-state index in [1.807, 2.05) is 55.4 Å². The minimum atomic E-state index is -0.000666. The quantitative estimate of drug-likeness (QED) is 0.942. The van der Waals surface area contributed by atoms with Crippen molar-refractivity contribution in [2.45, 2.75) is 19.3 Å². The zero-order valence-electron chi connectivity index (χ0n) is 13.6. The molecule has 1 aliphatic rings. The summed E-state index contributed by atoms with van der Waals surface area (Å²) in [5.41, 5.74) is 4.16. The van der Waals surface area contributed by atoms with Gasteiger partial charge in [-0.05, 0) is 54.3 Å². The lowest BCUT2D eigenvalue weighted by Crippen LogP contribution is -2.15. The van der Waals surface area contributed by atoms with E-state index in [0.29, 0.717) is 6.42 Å². The van der Waals surface area contributed by atoms with Crippen LogP contribution in [0, 0.1) is 0 Å². The molecule has 0 radical (unpaired) electrons. The summed E-state index contributed by atoms with van der Waals surface area (Å²) in [7, 11) is 3.99. The second-order valence-corrected chi connectivity index (χ2v) is 6.06. The monoisotopic (exact) mass is 310 g/mol. The van der Waals surface area contributed by atoms with Crippen LogP contribution in [0.4, 0.5) is 11.4 Å². The molecule has 4 heteroatoms. The predicted molar refractivity (Wildman–Crippen MR) is 93.4 cm³/mol. The summed E-state index contributed by atoms with van der Waals surface area (Å²) in [5, 5.41) is 2.95. The molecule has 1 aliphatic heterocycles. The van der Waals surface area contributed by atoms with Crippen molar-refractivity contribution in [3.05, 3.63) is 53.6 Å². The van der Waals surface area contributed by atoms with Gasteiger partial charge < -0.3 is 15.0 Å². The number of nitrogens with zero attached hydrogens (tertiary/aromatic N) is 1. The van der Waals surface area contributed by atoms with Gasteiger partial charge in [-0.1, -0.05) is 12.1 Å². The Morgan fingerprint density at radius 2 is 1.96 bits per heavy atom. The van der Waals surface area contributed by atoms with E-state index < -0.39 is 0 Å². The van der Waals surface area contributed by atoms with Crippen molar-refractivity contribution in [1.29, 1.82) is 0 Å². The summed E-state index contributed by atoms with van der Waals surface area (Å²) in [6, 6.07) is 13.9. The number of nitrogens with one attached hydrogen (secondary N) is 1. The molecule has 1 heterocycles. The fraction of sp³-hybridized carbons (Fsp3) is 0.316. The molecular weight excluding hydrogens is 288 g/mol. The number of ether oxygens (including phenoxy) is 1. The van der Waals surface area contributed by atoms with Crippen molar-refractivity contribution >= 4 is 17.3 Å². The van der Waals surface area contributed by atoms with Gasteiger partial charge >= 0.3 is 0 Å². The van der Waals surface area contributed by atoms with E-state index in [1.54, 1.807) is 0 Å². The van der Waals surface area contributed by atoms with Gasteiger partial charge in [0.05, 0.1) is 13.0 Å². The third-order valence-corrected chi connectivity index (χ3v) is 4.01. The van der Waals surface area contributed by atoms with E-state index in [4.69, 9.17) is 4.74 Å². The van der Waals surface area contributed by atoms with Gasteiger partial charge in [0.15, 0.2) is 0 Å². The highest BCUT2D eigenvalue weighted by Crippen LogP contribution is 2.26. The summed E-state index contributed by atoms with van der Waals surface area (Å²) in [5.74, 6) is 0.957. The van der Waals surface area contributed by atoms with Gasteiger partial charge in [-0.25, -0.2) is 0 Å². The van der Waals surface area contributed by atoms with Gasteiger partial charge in [-0.3, -0.25) is 4.79 Å². The fourth-order valence-electron chi connectivity index (χ4n) is 2.76. The molecule has 2 aromatic carbocycles. The van der Waals surface area contributed by atoms with E-state index in [9.17, 15) is 4.79 Å². The van der Waals surface area contributed by atoms with Gasteiger partial charge in [0.1, 0.15) is 5.75 Å². The molecule has 0 bridgehead atoms. The average Bonchev–Trinajstić information content (AvgIpc) is 2.55. The molecule has 120 valence electrons. The van der Waals surface area contributed by atoms with Crippen molar-refractivity contribution in [2.24, 2.45) is 0 Å². The first kappa shape index (κ1) is 15.4. The molecular formula is C19H22N2O2. The molecule has 3 rings (SSSR count). The first-order valence-corrected chi connectivity index (χ1v) is 7.94. The van der Waals surface area contributed by atoms with Crippen LogP contribution in [0.15, 0.2) is 42.5 Å². The Bertz CT molecular complexity index is 693. The second-order valence-electron chi connectivity index (χ2n) is 6.06. The van der Waals surface area contributed by atoms with Crippen LogP contribution in [0.5, 0.6) is 5.75 Å². The fourth-order valence-corrected chi connectivity index (χ4v) is 2.76. The maximum Gasteiger partial charge on any atom is 0.228 e. The Balaban J connectivity index is 1.63. The van der Waals surface area contributed by atoms with E-state index in [-0.39, 0.29) is 5.91 Å². The molecule has 0 spiro atoms. The summed E-state index contributed by atoms with van der Waals surface area (Å²) >= 11 is 0. The number of anilines is 2. The Hall–Kier alpha value is -2.49. The molecule has 0 aromatic heterocycles. The number of rotatable bonds is 4. The lowest BCUT2D eigenvalue weighted by Gasteiger charge is -2.17. The number of hydrogen-bond donors (Lipinski definition) is 1. The van der Waals surface area contributed by atoms with Crippen LogP contribution < -0.4 is 15.0 Å². The van der Waals surface area contributed by atoms with Crippen molar-refractivity contribution in [1.82, 2.24) is 0 Å².